The van der Waals surface area contributed by atoms with Crippen molar-refractivity contribution in [3.63, 3.8) is 0 Å². The van der Waals surface area contributed by atoms with Crippen LogP contribution >= 0.6 is 0 Å². The number of aliphatic hydroxyl groups excluding tert-OH is 1. The molecule has 3 N–H and O–H groups in total. The minimum absolute atomic E-state index is 0.127. The molecule has 0 saturated heterocycles. The van der Waals surface area contributed by atoms with Gasteiger partial charge >= 0.3 is 6.09 Å². The second-order valence-electron chi connectivity index (χ2n) is 5.17. The molecule has 96 valence electrons. The van der Waals surface area contributed by atoms with Gasteiger partial charge in [0.05, 0.1) is 6.10 Å². The fourth-order valence-corrected chi connectivity index (χ4v) is 2.60. The second-order valence-corrected chi connectivity index (χ2v) is 7.54. The van der Waals surface area contributed by atoms with E-state index in [1.54, 1.807) is 0 Å². The number of primary amides is 1. The molecule has 0 radical (unpaired) electrons. The Morgan fingerprint density at radius 2 is 1.94 bits per heavy atom. The van der Waals surface area contributed by atoms with E-state index in [4.69, 9.17) is 10.2 Å². The first-order chi connectivity index (χ1) is 7.14. The van der Waals surface area contributed by atoms with E-state index < -0.39 is 21.2 Å². The first-order valence-corrected chi connectivity index (χ1v) is 8.18. The van der Waals surface area contributed by atoms with Gasteiger partial charge in [-0.3, -0.25) is 0 Å². The van der Waals surface area contributed by atoms with E-state index in [1.165, 1.54) is 0 Å². The zero-order chi connectivity index (χ0) is 12.9. The van der Waals surface area contributed by atoms with Gasteiger partial charge in [-0.15, -0.1) is 0 Å². The molecular weight excluding hydrogens is 226 g/mol. The lowest BCUT2D eigenvalue weighted by Crippen LogP contribution is -2.45. The monoisotopic (exact) mass is 249 g/mol. The van der Waals surface area contributed by atoms with Crippen LogP contribution in [-0.2, 0) is 9.16 Å². The summed E-state index contributed by atoms with van der Waals surface area (Å²) in [5.74, 6) is 0. The minimum Gasteiger partial charge on any atom is -0.447 e. The van der Waals surface area contributed by atoms with Crippen LogP contribution in [0, 0.1) is 5.41 Å². The fourth-order valence-electron chi connectivity index (χ4n) is 1.42. The quantitative estimate of drug-likeness (QED) is 0.708. The summed E-state index contributed by atoms with van der Waals surface area (Å²) < 4.78 is 10.4. The van der Waals surface area contributed by atoms with Crippen molar-refractivity contribution >= 4 is 15.1 Å². The van der Waals surface area contributed by atoms with E-state index in [-0.39, 0.29) is 18.1 Å². The van der Waals surface area contributed by atoms with Crippen LogP contribution in [0.5, 0.6) is 0 Å². The summed E-state index contributed by atoms with van der Waals surface area (Å²) in [6, 6.07) is 0. The normalized spacial score (nSPS) is 15.9. The maximum Gasteiger partial charge on any atom is 0.404 e. The van der Waals surface area contributed by atoms with Gasteiger partial charge in [0.1, 0.15) is 12.7 Å². The molecule has 0 aliphatic heterocycles. The van der Waals surface area contributed by atoms with Crippen molar-refractivity contribution in [1.29, 1.82) is 0 Å². The Bertz CT molecular complexity index is 227. The standard InChI is InChI=1S/C10H23NO4Si/c1-10(2,3)8(15-16(4)5)7(12)6-14-9(11)13/h7-8,12,16H,6H2,1-5H3,(H2,11,13). The topological polar surface area (TPSA) is 81.8 Å². The third-order valence-electron chi connectivity index (χ3n) is 2.02. The highest BCUT2D eigenvalue weighted by molar-refractivity contribution is 6.48. The average Bonchev–Trinajstić information content (AvgIpc) is 2.08. The zero-order valence-corrected chi connectivity index (χ0v) is 11.8. The van der Waals surface area contributed by atoms with E-state index in [9.17, 15) is 9.90 Å². The molecule has 0 bridgehead atoms. The van der Waals surface area contributed by atoms with Crippen LogP contribution in [-0.4, -0.2) is 39.1 Å². The van der Waals surface area contributed by atoms with E-state index in [0.29, 0.717) is 0 Å². The van der Waals surface area contributed by atoms with Crippen LogP contribution in [0.25, 0.3) is 0 Å². The number of rotatable bonds is 5. The van der Waals surface area contributed by atoms with Crippen LogP contribution in [0.1, 0.15) is 20.8 Å². The highest BCUT2D eigenvalue weighted by atomic mass is 28.3. The minimum atomic E-state index is -1.27. The lowest BCUT2D eigenvalue weighted by atomic mass is 9.86. The molecule has 0 aliphatic carbocycles. The summed E-state index contributed by atoms with van der Waals surface area (Å²) in [6.07, 6.45) is -2.07. The highest BCUT2D eigenvalue weighted by Gasteiger charge is 2.33. The number of hydrogen-bond acceptors (Lipinski definition) is 4. The molecule has 0 aliphatic rings. The van der Waals surface area contributed by atoms with E-state index in [1.807, 2.05) is 33.9 Å². The van der Waals surface area contributed by atoms with Gasteiger partial charge in [0, 0.05) is 0 Å². The SMILES string of the molecule is C[SiH](C)OC(C(O)COC(N)=O)C(C)(C)C. The molecule has 1 amide bonds. The van der Waals surface area contributed by atoms with Crippen LogP contribution in [0.3, 0.4) is 0 Å². The molecule has 0 aromatic heterocycles. The predicted octanol–water partition coefficient (Wildman–Crippen LogP) is 0.857. The Kier molecular flexibility index (Phi) is 5.99. The molecule has 2 unspecified atom stereocenters. The molecule has 0 heterocycles. The predicted molar refractivity (Wildman–Crippen MR) is 64.7 cm³/mol. The number of ether oxygens (including phenoxy) is 1. The third-order valence-corrected chi connectivity index (χ3v) is 2.86. The number of amides is 1. The van der Waals surface area contributed by atoms with E-state index in [0.717, 1.165) is 0 Å². The smallest absolute Gasteiger partial charge is 0.404 e. The maximum absolute atomic E-state index is 10.5. The van der Waals surface area contributed by atoms with E-state index >= 15 is 0 Å². The number of hydrogen-bond donors (Lipinski definition) is 2. The van der Waals surface area contributed by atoms with Gasteiger partial charge in [0.15, 0.2) is 9.04 Å². The molecule has 0 saturated carbocycles. The van der Waals surface area contributed by atoms with Crippen LogP contribution in [0.15, 0.2) is 0 Å². The van der Waals surface area contributed by atoms with Gasteiger partial charge < -0.3 is 20.0 Å². The van der Waals surface area contributed by atoms with Gasteiger partial charge in [-0.25, -0.2) is 4.79 Å². The van der Waals surface area contributed by atoms with Gasteiger partial charge in [-0.05, 0) is 18.5 Å². The molecular formula is C10H23NO4Si. The molecule has 0 spiro atoms. The molecule has 0 fully saturated rings. The second kappa shape index (κ2) is 6.22. The Hall–Kier alpha value is -0.593. The van der Waals surface area contributed by atoms with Crippen molar-refractivity contribution in [2.24, 2.45) is 11.1 Å². The summed E-state index contributed by atoms with van der Waals surface area (Å²) in [6.45, 7) is 9.85. The van der Waals surface area contributed by atoms with Gasteiger partial charge in [-0.1, -0.05) is 20.8 Å². The Morgan fingerprint density at radius 3 is 2.25 bits per heavy atom. The van der Waals surface area contributed by atoms with Crippen molar-refractivity contribution < 1.29 is 19.1 Å². The van der Waals surface area contributed by atoms with Crippen molar-refractivity contribution in [3.8, 4) is 0 Å². The number of carbonyl (C=O) groups is 1. The number of carbonyl (C=O) groups excluding carboxylic acids is 1. The average molecular weight is 249 g/mol. The Labute approximate surface area is 98.6 Å². The maximum atomic E-state index is 10.5. The van der Waals surface area contributed by atoms with Crippen molar-refractivity contribution in [2.45, 2.75) is 46.1 Å². The fraction of sp³-hybridized carbons (Fsp3) is 0.900. The number of aliphatic hydroxyl groups is 1. The molecule has 0 rings (SSSR count). The van der Waals surface area contributed by atoms with Gasteiger partial charge in [0.2, 0.25) is 0 Å². The van der Waals surface area contributed by atoms with Crippen molar-refractivity contribution in [3.05, 3.63) is 0 Å². The summed E-state index contributed by atoms with van der Waals surface area (Å²) in [4.78, 5) is 10.5. The first-order valence-electron chi connectivity index (χ1n) is 5.40. The number of nitrogens with two attached hydrogens (primary N) is 1. The summed E-state index contributed by atoms with van der Waals surface area (Å²) in [7, 11) is -1.27. The lowest BCUT2D eigenvalue weighted by molar-refractivity contribution is -0.0538. The molecule has 0 aromatic carbocycles. The van der Waals surface area contributed by atoms with E-state index in [2.05, 4.69) is 4.74 Å². The zero-order valence-electron chi connectivity index (χ0n) is 10.7. The summed E-state index contributed by atoms with van der Waals surface area (Å²) in [5.41, 5.74) is 4.64. The van der Waals surface area contributed by atoms with Crippen LogP contribution in [0.2, 0.25) is 13.1 Å². The van der Waals surface area contributed by atoms with Crippen LogP contribution in [0.4, 0.5) is 4.79 Å². The Morgan fingerprint density at radius 1 is 1.44 bits per heavy atom. The first kappa shape index (κ1) is 15.4. The summed E-state index contributed by atoms with van der Waals surface area (Å²) in [5, 5.41) is 9.91. The highest BCUT2D eigenvalue weighted by Crippen LogP contribution is 2.26. The van der Waals surface area contributed by atoms with Crippen molar-refractivity contribution in [1.82, 2.24) is 0 Å². The van der Waals surface area contributed by atoms with Gasteiger partial charge in [0.25, 0.3) is 0 Å². The molecule has 16 heavy (non-hydrogen) atoms. The third kappa shape index (κ3) is 6.09. The van der Waals surface area contributed by atoms with Crippen LogP contribution < -0.4 is 5.73 Å². The molecule has 5 nitrogen and oxygen atoms in total. The molecule has 0 aromatic rings. The van der Waals surface area contributed by atoms with Crippen molar-refractivity contribution in [2.75, 3.05) is 6.61 Å². The Balaban J connectivity index is 4.44. The lowest BCUT2D eigenvalue weighted by Gasteiger charge is -2.35. The largest absolute Gasteiger partial charge is 0.447 e. The van der Waals surface area contributed by atoms with Gasteiger partial charge in [-0.2, -0.15) is 0 Å². The summed E-state index contributed by atoms with van der Waals surface area (Å²) >= 11 is 0. The molecule has 6 heteroatoms. The molecule has 2 atom stereocenters.